The third-order valence-electron chi connectivity index (χ3n) is 5.26. The minimum atomic E-state index is -3.75. The average molecular weight is 456 g/mol. The molecule has 1 heterocycles. The van der Waals surface area contributed by atoms with Gasteiger partial charge in [0.25, 0.3) is 0 Å². The number of para-hydroxylation sites is 1. The van der Waals surface area contributed by atoms with Crippen LogP contribution in [-0.2, 0) is 10.0 Å². The van der Waals surface area contributed by atoms with Gasteiger partial charge in [-0.25, -0.2) is 13.6 Å². The van der Waals surface area contributed by atoms with Crippen molar-refractivity contribution in [2.24, 2.45) is 5.14 Å². The maximum Gasteiger partial charge on any atom is 0.238 e. The van der Waals surface area contributed by atoms with Crippen LogP contribution in [0.2, 0.25) is 0 Å². The normalized spacial score (nSPS) is 11.7. The maximum absolute atomic E-state index is 12.9. The summed E-state index contributed by atoms with van der Waals surface area (Å²) in [4.78, 5) is 15.0. The molecule has 1 aromatic heterocycles. The van der Waals surface area contributed by atoms with Gasteiger partial charge in [-0.05, 0) is 69.8 Å². The number of carbonyl (C=O) groups excluding carboxylic acids is 1. The van der Waals surface area contributed by atoms with E-state index in [4.69, 9.17) is 9.88 Å². The smallest absolute Gasteiger partial charge is 0.238 e. The van der Waals surface area contributed by atoms with Crippen molar-refractivity contribution in [2.45, 2.75) is 25.2 Å². The molecule has 32 heavy (non-hydrogen) atoms. The van der Waals surface area contributed by atoms with E-state index < -0.39 is 10.0 Å². The van der Waals surface area contributed by atoms with Crippen molar-refractivity contribution in [3.63, 3.8) is 0 Å². The van der Waals surface area contributed by atoms with Crippen LogP contribution in [0.3, 0.4) is 0 Å². The first-order valence-electron chi connectivity index (χ1n) is 10.4. The molecule has 0 unspecified atom stereocenters. The van der Waals surface area contributed by atoms with Crippen LogP contribution in [-0.4, -0.2) is 50.4 Å². The van der Waals surface area contributed by atoms with E-state index in [1.54, 1.807) is 12.1 Å². The third kappa shape index (κ3) is 5.85. The fraction of sp³-hybridized carbons (Fsp3) is 0.292. The zero-order valence-corrected chi connectivity index (χ0v) is 19.4. The van der Waals surface area contributed by atoms with Gasteiger partial charge in [-0.15, -0.1) is 0 Å². The molecule has 2 aromatic carbocycles. The van der Waals surface area contributed by atoms with Crippen LogP contribution in [0.5, 0.6) is 5.75 Å². The summed E-state index contributed by atoms with van der Waals surface area (Å²) in [6.07, 6.45) is 0.814. The lowest BCUT2D eigenvalue weighted by Crippen LogP contribution is -2.28. The molecule has 0 aliphatic heterocycles. The number of Topliss-reactive ketones (excluding diaryl/α,β-unsaturated/α-hetero) is 1. The lowest BCUT2D eigenvalue weighted by atomic mass is 10.1. The summed E-state index contributed by atoms with van der Waals surface area (Å²) in [6, 6.07) is 17.8. The standard InChI is InChI=1S/C24H29N3O4S/c1-18-16-23(19(2)27(18)20-10-12-22(13-11-20)32(25,29)30)24(28)17-26(3)14-7-15-31-21-8-5-4-6-9-21/h4-6,8-13,16H,7,14-15,17H2,1-3H3,(H2,25,29,30). The minimum Gasteiger partial charge on any atom is -0.494 e. The van der Waals surface area contributed by atoms with Gasteiger partial charge in [-0.2, -0.15) is 0 Å². The number of rotatable bonds is 10. The molecule has 0 aliphatic rings. The molecule has 0 atom stereocenters. The van der Waals surface area contributed by atoms with Gasteiger partial charge in [-0.3, -0.25) is 9.69 Å². The molecular formula is C24H29N3O4S. The van der Waals surface area contributed by atoms with Gasteiger partial charge < -0.3 is 9.30 Å². The first kappa shape index (κ1) is 23.7. The molecule has 0 saturated heterocycles. The number of hydrogen-bond donors (Lipinski definition) is 1. The zero-order chi connectivity index (χ0) is 23.3. The molecule has 0 amide bonds. The highest BCUT2D eigenvalue weighted by Gasteiger charge is 2.18. The second kappa shape index (κ2) is 10.1. The van der Waals surface area contributed by atoms with Gasteiger partial charge in [0.2, 0.25) is 10.0 Å². The Morgan fingerprint density at radius 1 is 1.06 bits per heavy atom. The fourth-order valence-corrected chi connectivity index (χ4v) is 4.19. The zero-order valence-electron chi connectivity index (χ0n) is 18.6. The van der Waals surface area contributed by atoms with Crippen LogP contribution >= 0.6 is 0 Å². The molecule has 0 saturated carbocycles. The number of ketones is 1. The number of ether oxygens (including phenoxy) is 1. The average Bonchev–Trinajstić information content (AvgIpc) is 3.05. The Balaban J connectivity index is 1.61. The van der Waals surface area contributed by atoms with Crippen molar-refractivity contribution in [2.75, 3.05) is 26.7 Å². The van der Waals surface area contributed by atoms with E-state index in [0.717, 1.165) is 35.8 Å². The van der Waals surface area contributed by atoms with Crippen molar-refractivity contribution in [1.29, 1.82) is 0 Å². The molecule has 2 N–H and O–H groups in total. The number of nitrogens with two attached hydrogens (primary N) is 1. The number of sulfonamides is 1. The lowest BCUT2D eigenvalue weighted by molar-refractivity contribution is 0.0942. The van der Waals surface area contributed by atoms with Crippen molar-refractivity contribution in [1.82, 2.24) is 9.47 Å². The lowest BCUT2D eigenvalue weighted by Gasteiger charge is -2.16. The summed E-state index contributed by atoms with van der Waals surface area (Å²) in [5.74, 6) is 0.882. The Morgan fingerprint density at radius 3 is 2.34 bits per heavy atom. The van der Waals surface area contributed by atoms with E-state index in [1.165, 1.54) is 12.1 Å². The van der Waals surface area contributed by atoms with Crippen LogP contribution in [0.25, 0.3) is 5.69 Å². The summed E-state index contributed by atoms with van der Waals surface area (Å²) in [5, 5.41) is 5.18. The van der Waals surface area contributed by atoms with Crippen molar-refractivity contribution < 1.29 is 17.9 Å². The summed E-state index contributed by atoms with van der Waals surface area (Å²) in [6.45, 7) is 5.45. The Hall–Kier alpha value is -2.94. The second-order valence-corrected chi connectivity index (χ2v) is 9.40. The van der Waals surface area contributed by atoms with E-state index in [2.05, 4.69) is 0 Å². The fourth-order valence-electron chi connectivity index (χ4n) is 3.68. The number of hydrogen-bond acceptors (Lipinski definition) is 5. The number of carbonyl (C=O) groups is 1. The molecule has 8 heteroatoms. The molecule has 0 bridgehead atoms. The van der Waals surface area contributed by atoms with Crippen molar-refractivity contribution in [3.8, 4) is 11.4 Å². The van der Waals surface area contributed by atoms with Gasteiger partial charge in [0.05, 0.1) is 18.0 Å². The number of aromatic nitrogens is 1. The highest BCUT2D eigenvalue weighted by atomic mass is 32.2. The summed E-state index contributed by atoms with van der Waals surface area (Å²) in [7, 11) is -1.82. The predicted octanol–water partition coefficient (Wildman–Crippen LogP) is 3.33. The van der Waals surface area contributed by atoms with Gasteiger partial charge in [0, 0.05) is 29.2 Å². The topological polar surface area (TPSA) is 94.6 Å². The number of aryl methyl sites for hydroxylation is 1. The minimum absolute atomic E-state index is 0.0389. The quantitative estimate of drug-likeness (QED) is 0.374. The van der Waals surface area contributed by atoms with E-state index in [-0.39, 0.29) is 10.7 Å². The van der Waals surface area contributed by atoms with E-state index in [9.17, 15) is 13.2 Å². The van der Waals surface area contributed by atoms with Crippen molar-refractivity contribution in [3.05, 3.63) is 77.6 Å². The Kier molecular flexibility index (Phi) is 7.50. The van der Waals surface area contributed by atoms with Crippen LogP contribution < -0.4 is 9.88 Å². The molecule has 0 fully saturated rings. The number of nitrogens with zero attached hydrogens (tertiary/aromatic N) is 2. The molecule has 7 nitrogen and oxygen atoms in total. The monoisotopic (exact) mass is 455 g/mol. The maximum atomic E-state index is 12.9. The van der Waals surface area contributed by atoms with Crippen LogP contribution in [0.4, 0.5) is 0 Å². The van der Waals surface area contributed by atoms with Crippen LogP contribution in [0, 0.1) is 13.8 Å². The van der Waals surface area contributed by atoms with Gasteiger partial charge in [0.15, 0.2) is 5.78 Å². The van der Waals surface area contributed by atoms with Gasteiger partial charge in [0.1, 0.15) is 5.75 Å². The van der Waals surface area contributed by atoms with Crippen LogP contribution in [0.1, 0.15) is 28.2 Å². The summed E-state index contributed by atoms with van der Waals surface area (Å²) < 4.78 is 30.6. The van der Waals surface area contributed by atoms with Gasteiger partial charge >= 0.3 is 0 Å². The van der Waals surface area contributed by atoms with Gasteiger partial charge in [-0.1, -0.05) is 18.2 Å². The van der Waals surface area contributed by atoms with Crippen molar-refractivity contribution >= 4 is 15.8 Å². The van der Waals surface area contributed by atoms with Crippen LogP contribution in [0.15, 0.2) is 65.6 Å². The third-order valence-corrected chi connectivity index (χ3v) is 6.19. The Bertz CT molecular complexity index is 1170. The van der Waals surface area contributed by atoms with E-state index in [0.29, 0.717) is 18.7 Å². The largest absolute Gasteiger partial charge is 0.494 e. The number of likely N-dealkylation sites (N-methyl/N-ethyl adjacent to an activating group) is 1. The molecule has 3 rings (SSSR count). The SMILES string of the molecule is Cc1cc(C(=O)CN(C)CCCOc2ccccc2)c(C)n1-c1ccc(S(N)(=O)=O)cc1. The summed E-state index contributed by atoms with van der Waals surface area (Å²) >= 11 is 0. The van der Waals surface area contributed by atoms with E-state index >= 15 is 0 Å². The molecule has 0 aliphatic carbocycles. The highest BCUT2D eigenvalue weighted by molar-refractivity contribution is 7.89. The summed E-state index contributed by atoms with van der Waals surface area (Å²) in [5.41, 5.74) is 3.15. The first-order chi connectivity index (χ1) is 15.2. The first-order valence-corrected chi connectivity index (χ1v) is 11.9. The molecular weight excluding hydrogens is 426 g/mol. The number of primary sulfonamides is 1. The highest BCUT2D eigenvalue weighted by Crippen LogP contribution is 2.22. The van der Waals surface area contributed by atoms with E-state index in [1.807, 2.05) is 66.8 Å². The predicted molar refractivity (Wildman–Crippen MR) is 125 cm³/mol. The Labute approximate surface area is 189 Å². The second-order valence-electron chi connectivity index (χ2n) is 7.84. The molecule has 0 spiro atoms. The Morgan fingerprint density at radius 2 is 1.72 bits per heavy atom. The molecule has 3 aromatic rings. The molecule has 0 radical (unpaired) electrons. The number of benzene rings is 2. The molecule has 170 valence electrons.